The van der Waals surface area contributed by atoms with E-state index in [0.717, 1.165) is 23.1 Å². The molecule has 0 saturated carbocycles. The predicted molar refractivity (Wildman–Crippen MR) is 93.0 cm³/mol. The largest absolute Gasteiger partial charge is 0.478 e. The van der Waals surface area contributed by atoms with E-state index in [9.17, 15) is 9.90 Å². The summed E-state index contributed by atoms with van der Waals surface area (Å²) >= 11 is 0. The van der Waals surface area contributed by atoms with Gasteiger partial charge in [0.1, 0.15) is 0 Å². The van der Waals surface area contributed by atoms with Crippen LogP contribution in [0.5, 0.6) is 0 Å². The second kappa shape index (κ2) is 5.84. The van der Waals surface area contributed by atoms with E-state index in [4.69, 9.17) is 4.98 Å². The van der Waals surface area contributed by atoms with Gasteiger partial charge in [0, 0.05) is 10.9 Å². The number of benzene rings is 2. The number of aromatic carboxylic acids is 1. The monoisotopic (exact) mass is 305 g/mol. The van der Waals surface area contributed by atoms with E-state index in [2.05, 4.69) is 26.8 Å². The van der Waals surface area contributed by atoms with Gasteiger partial charge in [0.25, 0.3) is 0 Å². The summed E-state index contributed by atoms with van der Waals surface area (Å²) in [5.41, 5.74) is 6.19. The third-order valence-corrected chi connectivity index (χ3v) is 4.34. The zero-order valence-corrected chi connectivity index (χ0v) is 13.6. The second-order valence-electron chi connectivity index (χ2n) is 5.83. The first-order valence-corrected chi connectivity index (χ1v) is 7.75. The summed E-state index contributed by atoms with van der Waals surface area (Å²) in [6.07, 6.45) is 0.819. The highest BCUT2D eigenvalue weighted by atomic mass is 16.4. The van der Waals surface area contributed by atoms with Crippen LogP contribution in [-0.4, -0.2) is 16.1 Å². The molecule has 1 aromatic heterocycles. The van der Waals surface area contributed by atoms with Crippen molar-refractivity contribution in [3.63, 3.8) is 0 Å². The molecule has 3 rings (SSSR count). The molecule has 0 radical (unpaired) electrons. The normalized spacial score (nSPS) is 10.9. The number of nitrogens with zero attached hydrogens (tertiary/aromatic N) is 1. The van der Waals surface area contributed by atoms with Gasteiger partial charge in [-0.15, -0.1) is 0 Å². The molecule has 0 atom stereocenters. The molecule has 0 fully saturated rings. The zero-order chi connectivity index (χ0) is 16.6. The fraction of sp³-hybridized carbons (Fsp3) is 0.200. The van der Waals surface area contributed by atoms with Gasteiger partial charge in [-0.3, -0.25) is 0 Å². The van der Waals surface area contributed by atoms with Crippen molar-refractivity contribution in [2.75, 3.05) is 0 Å². The number of hydrogen-bond acceptors (Lipinski definition) is 2. The molecule has 3 aromatic rings. The average Bonchev–Trinajstić information content (AvgIpc) is 2.55. The number of pyridine rings is 1. The minimum atomic E-state index is -0.921. The number of aromatic nitrogens is 1. The summed E-state index contributed by atoms with van der Waals surface area (Å²) in [4.78, 5) is 16.5. The van der Waals surface area contributed by atoms with E-state index in [1.54, 1.807) is 6.07 Å². The highest BCUT2D eigenvalue weighted by Gasteiger charge is 2.14. The first-order chi connectivity index (χ1) is 11.0. The first kappa shape index (κ1) is 15.2. The number of carboxylic acids is 1. The van der Waals surface area contributed by atoms with Crippen molar-refractivity contribution in [2.24, 2.45) is 0 Å². The van der Waals surface area contributed by atoms with Crippen LogP contribution in [0.3, 0.4) is 0 Å². The fourth-order valence-corrected chi connectivity index (χ4v) is 2.82. The molecule has 116 valence electrons. The van der Waals surface area contributed by atoms with E-state index in [1.807, 2.05) is 30.3 Å². The SMILES string of the molecule is CCc1cccc2c(C(=O)O)cc(-c3ccc(C)c(C)c3)nc12. The summed E-state index contributed by atoms with van der Waals surface area (Å²) in [5, 5.41) is 10.3. The fourth-order valence-electron chi connectivity index (χ4n) is 2.82. The van der Waals surface area contributed by atoms with Gasteiger partial charge < -0.3 is 5.11 Å². The Morgan fingerprint density at radius 3 is 2.52 bits per heavy atom. The smallest absolute Gasteiger partial charge is 0.336 e. The molecule has 0 amide bonds. The summed E-state index contributed by atoms with van der Waals surface area (Å²) in [6, 6.07) is 13.5. The van der Waals surface area contributed by atoms with Gasteiger partial charge in [-0.05, 0) is 49.1 Å². The maximum Gasteiger partial charge on any atom is 0.336 e. The van der Waals surface area contributed by atoms with E-state index >= 15 is 0 Å². The van der Waals surface area contributed by atoms with Crippen LogP contribution in [0.2, 0.25) is 0 Å². The van der Waals surface area contributed by atoms with Crippen molar-refractivity contribution in [3.8, 4) is 11.3 Å². The van der Waals surface area contributed by atoms with Crippen LogP contribution < -0.4 is 0 Å². The summed E-state index contributed by atoms with van der Waals surface area (Å²) in [7, 11) is 0. The van der Waals surface area contributed by atoms with Crippen LogP contribution in [0.4, 0.5) is 0 Å². The molecule has 0 aliphatic carbocycles. The Morgan fingerprint density at radius 1 is 1.09 bits per heavy atom. The third-order valence-electron chi connectivity index (χ3n) is 4.34. The summed E-state index contributed by atoms with van der Waals surface area (Å²) in [6.45, 7) is 6.17. The van der Waals surface area contributed by atoms with Gasteiger partial charge in [-0.2, -0.15) is 0 Å². The Morgan fingerprint density at radius 2 is 1.87 bits per heavy atom. The number of carboxylic acid groups (broad SMARTS) is 1. The Labute approximate surface area is 135 Å². The number of fused-ring (bicyclic) bond motifs is 1. The number of carbonyl (C=O) groups is 1. The molecular formula is C20H19NO2. The van der Waals surface area contributed by atoms with Crippen molar-refractivity contribution < 1.29 is 9.90 Å². The lowest BCUT2D eigenvalue weighted by Gasteiger charge is -2.11. The minimum absolute atomic E-state index is 0.304. The van der Waals surface area contributed by atoms with Crippen molar-refractivity contribution in [3.05, 3.63) is 64.7 Å². The lowest BCUT2D eigenvalue weighted by Crippen LogP contribution is -2.02. The molecule has 3 nitrogen and oxygen atoms in total. The maximum absolute atomic E-state index is 11.7. The molecule has 3 heteroatoms. The summed E-state index contributed by atoms with van der Waals surface area (Å²) < 4.78 is 0. The van der Waals surface area contributed by atoms with Crippen LogP contribution in [0.15, 0.2) is 42.5 Å². The molecule has 1 heterocycles. The predicted octanol–water partition coefficient (Wildman–Crippen LogP) is 4.78. The van der Waals surface area contributed by atoms with Crippen molar-refractivity contribution in [2.45, 2.75) is 27.2 Å². The van der Waals surface area contributed by atoms with Crippen molar-refractivity contribution in [1.82, 2.24) is 4.98 Å². The Hall–Kier alpha value is -2.68. The zero-order valence-electron chi connectivity index (χ0n) is 13.6. The highest BCUT2D eigenvalue weighted by molar-refractivity contribution is 6.04. The van der Waals surface area contributed by atoms with Crippen LogP contribution in [-0.2, 0) is 6.42 Å². The number of rotatable bonds is 3. The van der Waals surface area contributed by atoms with Crippen LogP contribution in [0.25, 0.3) is 22.2 Å². The lowest BCUT2D eigenvalue weighted by molar-refractivity contribution is 0.0699. The van der Waals surface area contributed by atoms with Crippen LogP contribution in [0.1, 0.15) is 34.0 Å². The van der Waals surface area contributed by atoms with Gasteiger partial charge in [-0.1, -0.05) is 37.3 Å². The van der Waals surface area contributed by atoms with Gasteiger partial charge in [0.2, 0.25) is 0 Å². The number of para-hydroxylation sites is 1. The number of aryl methyl sites for hydroxylation is 3. The molecule has 0 aliphatic heterocycles. The molecule has 1 N–H and O–H groups in total. The first-order valence-electron chi connectivity index (χ1n) is 7.75. The van der Waals surface area contributed by atoms with E-state index in [0.29, 0.717) is 16.6 Å². The third kappa shape index (κ3) is 2.70. The van der Waals surface area contributed by atoms with E-state index in [1.165, 1.54) is 11.1 Å². The molecule has 2 aromatic carbocycles. The van der Waals surface area contributed by atoms with E-state index in [-0.39, 0.29) is 0 Å². The molecule has 23 heavy (non-hydrogen) atoms. The number of hydrogen-bond donors (Lipinski definition) is 1. The van der Waals surface area contributed by atoms with Gasteiger partial charge in [0.05, 0.1) is 16.8 Å². The standard InChI is InChI=1S/C20H19NO2/c1-4-14-6-5-7-16-17(20(22)23)11-18(21-19(14)16)15-9-8-12(2)13(3)10-15/h5-11H,4H2,1-3H3,(H,22,23). The highest BCUT2D eigenvalue weighted by Crippen LogP contribution is 2.28. The topological polar surface area (TPSA) is 50.2 Å². The molecule has 0 bridgehead atoms. The molecule has 0 unspecified atom stereocenters. The Kier molecular flexibility index (Phi) is 3.87. The van der Waals surface area contributed by atoms with Crippen LogP contribution in [0, 0.1) is 13.8 Å². The molecule has 0 aliphatic rings. The second-order valence-corrected chi connectivity index (χ2v) is 5.83. The molecular weight excluding hydrogens is 286 g/mol. The van der Waals surface area contributed by atoms with E-state index < -0.39 is 5.97 Å². The van der Waals surface area contributed by atoms with Crippen molar-refractivity contribution in [1.29, 1.82) is 0 Å². The maximum atomic E-state index is 11.7. The Bertz CT molecular complexity index is 913. The molecule has 0 spiro atoms. The van der Waals surface area contributed by atoms with Gasteiger partial charge >= 0.3 is 5.97 Å². The lowest BCUT2D eigenvalue weighted by atomic mass is 9.99. The quantitative estimate of drug-likeness (QED) is 0.757. The summed E-state index contributed by atoms with van der Waals surface area (Å²) in [5.74, 6) is -0.921. The van der Waals surface area contributed by atoms with Gasteiger partial charge in [0.15, 0.2) is 0 Å². The van der Waals surface area contributed by atoms with Gasteiger partial charge in [-0.25, -0.2) is 9.78 Å². The average molecular weight is 305 g/mol. The Balaban J connectivity index is 2.33. The molecule has 0 saturated heterocycles. The van der Waals surface area contributed by atoms with Crippen molar-refractivity contribution >= 4 is 16.9 Å². The minimum Gasteiger partial charge on any atom is -0.478 e. The van der Waals surface area contributed by atoms with Crippen LogP contribution >= 0.6 is 0 Å².